The highest BCUT2D eigenvalue weighted by atomic mass is 79.9. The van der Waals surface area contributed by atoms with Crippen LogP contribution in [0.3, 0.4) is 0 Å². The molecule has 2 heteroatoms. The van der Waals surface area contributed by atoms with Crippen LogP contribution in [0, 0.1) is 0 Å². The predicted octanol–water partition coefficient (Wildman–Crippen LogP) is 2.61. The van der Waals surface area contributed by atoms with Crippen molar-refractivity contribution in [3.63, 3.8) is 0 Å². The lowest BCUT2D eigenvalue weighted by Crippen LogP contribution is -2.04. The molecule has 0 aromatic heterocycles. The molecule has 0 spiro atoms. The second kappa shape index (κ2) is 3.31. The SMILES string of the molecule is CC[C](C)(C)[Mg][Br]. The number of hydrogen-bond acceptors (Lipinski definition) is 0. The fourth-order valence-electron chi connectivity index (χ4n) is 0.0945. The van der Waals surface area contributed by atoms with Gasteiger partial charge in [-0.3, -0.25) is 0 Å². The van der Waals surface area contributed by atoms with Crippen molar-refractivity contribution in [2.45, 2.75) is 30.7 Å². The Hall–Kier alpha value is 1.25. The molecule has 0 nitrogen and oxygen atoms in total. The molecule has 0 aliphatic carbocycles. The summed E-state index contributed by atoms with van der Waals surface area (Å²) in [7, 11) is 0. The van der Waals surface area contributed by atoms with E-state index < -0.39 is 0 Å². The summed E-state index contributed by atoms with van der Waals surface area (Å²) in [4.78, 5) is 0. The van der Waals surface area contributed by atoms with Crippen molar-refractivity contribution >= 4 is 31.1 Å². The minimum absolute atomic E-state index is 0.0544. The fraction of sp³-hybridized carbons (Fsp3) is 1.00. The van der Waals surface area contributed by atoms with Crippen LogP contribution in [0.1, 0.15) is 27.2 Å². The molecular weight excluding hydrogens is 164 g/mol. The average molecular weight is 175 g/mol. The summed E-state index contributed by atoms with van der Waals surface area (Å²) in [6, 6.07) is 0. The highest BCUT2D eigenvalue weighted by Crippen LogP contribution is 2.27. The Labute approximate surface area is 61.7 Å². The van der Waals surface area contributed by atoms with Gasteiger partial charge < -0.3 is 12.9 Å². The summed E-state index contributed by atoms with van der Waals surface area (Å²) < 4.78 is 0.639. The Kier molecular flexibility index (Phi) is 3.90. The molecule has 40 valence electrons. The van der Waals surface area contributed by atoms with Crippen LogP contribution in [0.2, 0.25) is 3.54 Å². The maximum absolute atomic E-state index is 3.57. The Balaban J connectivity index is 3.36. The zero-order chi connectivity index (χ0) is 5.91. The van der Waals surface area contributed by atoms with E-state index in [1.807, 2.05) is 0 Å². The average Bonchev–Trinajstić information content (AvgIpc) is 1.68. The lowest BCUT2D eigenvalue weighted by atomic mass is 10.1. The topological polar surface area (TPSA) is 0 Å². The molecule has 0 heterocycles. The molecule has 0 aromatic rings. The van der Waals surface area contributed by atoms with Crippen molar-refractivity contribution in [2.24, 2.45) is 0 Å². The smallest absolute Gasteiger partial charge is 0.306 e. The van der Waals surface area contributed by atoms with Gasteiger partial charge in [-0.2, -0.15) is 0 Å². The first-order chi connectivity index (χ1) is 3.12. The molecule has 0 saturated carbocycles. The molecule has 0 unspecified atom stereocenters. The third-order valence-electron chi connectivity index (χ3n) is 1.32. The van der Waals surface area contributed by atoms with Gasteiger partial charge in [-0.15, -0.1) is 3.54 Å². The van der Waals surface area contributed by atoms with E-state index in [0.29, 0.717) is 3.54 Å². The Morgan fingerprint density at radius 3 is 2.00 bits per heavy atom. The van der Waals surface area contributed by atoms with E-state index >= 15 is 0 Å². The van der Waals surface area contributed by atoms with Crippen LogP contribution in [-0.2, 0) is 0 Å². The zero-order valence-electron chi connectivity index (χ0n) is 5.29. The van der Waals surface area contributed by atoms with Crippen LogP contribution in [0.15, 0.2) is 0 Å². The largest absolute Gasteiger partial charge is 0.474 e. The molecule has 0 saturated heterocycles. The molecule has 0 rings (SSSR count). The van der Waals surface area contributed by atoms with Crippen molar-refractivity contribution in [3.8, 4) is 0 Å². The maximum Gasteiger partial charge on any atom is 0.474 e. The second-order valence-corrected chi connectivity index (χ2v) is 6.52. The minimum Gasteiger partial charge on any atom is -0.306 e. The van der Waals surface area contributed by atoms with Crippen molar-refractivity contribution in [3.05, 3.63) is 0 Å². The van der Waals surface area contributed by atoms with E-state index in [-0.39, 0.29) is 18.2 Å². The standard InChI is InChI=1S/C5H11.BrH.Mg/c1-4-5(2)3;;/h4H2,1-3H3;1H;/q;;+1/p-1. The van der Waals surface area contributed by atoms with E-state index in [0.717, 1.165) is 0 Å². The second-order valence-electron chi connectivity index (χ2n) is 2.65. The van der Waals surface area contributed by atoms with Gasteiger partial charge in [0.1, 0.15) is 0 Å². The third kappa shape index (κ3) is 3.80. The highest BCUT2D eigenvalue weighted by molar-refractivity contribution is 9.23. The summed E-state index contributed by atoms with van der Waals surface area (Å²) >= 11 is 3.62. The molecule has 0 atom stereocenters. The van der Waals surface area contributed by atoms with E-state index in [1.165, 1.54) is 6.42 Å². The van der Waals surface area contributed by atoms with Gasteiger partial charge in [0.05, 0.1) is 0 Å². The van der Waals surface area contributed by atoms with Gasteiger partial charge in [0, 0.05) is 0 Å². The van der Waals surface area contributed by atoms with Crippen molar-refractivity contribution < 1.29 is 0 Å². The van der Waals surface area contributed by atoms with E-state index in [2.05, 4.69) is 33.7 Å². The summed E-state index contributed by atoms with van der Waals surface area (Å²) in [5.74, 6) is 0. The molecule has 0 bridgehead atoms. The van der Waals surface area contributed by atoms with E-state index in [4.69, 9.17) is 0 Å². The molecule has 0 fully saturated rings. The van der Waals surface area contributed by atoms with Crippen LogP contribution in [0.4, 0.5) is 0 Å². The molecule has 0 radical (unpaired) electrons. The molecule has 7 heavy (non-hydrogen) atoms. The Bertz CT molecular complexity index is 46.0. The predicted molar refractivity (Wildman–Crippen MR) is 39.0 cm³/mol. The van der Waals surface area contributed by atoms with Crippen molar-refractivity contribution in [1.29, 1.82) is 0 Å². The van der Waals surface area contributed by atoms with Gasteiger partial charge in [-0.25, -0.2) is 0 Å². The van der Waals surface area contributed by atoms with Crippen LogP contribution in [0.5, 0.6) is 0 Å². The number of rotatable bonds is 2. The van der Waals surface area contributed by atoms with Gasteiger partial charge in [0.25, 0.3) is 0 Å². The van der Waals surface area contributed by atoms with Crippen LogP contribution >= 0.6 is 12.9 Å². The van der Waals surface area contributed by atoms with Crippen molar-refractivity contribution in [1.82, 2.24) is 0 Å². The minimum atomic E-state index is 0.0544. The zero-order valence-corrected chi connectivity index (χ0v) is 8.29. The lowest BCUT2D eigenvalue weighted by Gasteiger charge is -2.16. The van der Waals surface area contributed by atoms with E-state index in [9.17, 15) is 0 Å². The van der Waals surface area contributed by atoms with Gasteiger partial charge in [-0.1, -0.05) is 27.2 Å². The van der Waals surface area contributed by atoms with E-state index in [1.54, 1.807) is 0 Å². The first-order valence-corrected chi connectivity index (χ1v) is 7.29. The molecule has 0 N–H and O–H groups in total. The quantitative estimate of drug-likeness (QED) is 0.566. The normalized spacial score (nSPS) is 10.9. The van der Waals surface area contributed by atoms with Gasteiger partial charge in [0.15, 0.2) is 0 Å². The monoisotopic (exact) mass is 174 g/mol. The summed E-state index contributed by atoms with van der Waals surface area (Å²) in [6.07, 6.45) is 1.31. The van der Waals surface area contributed by atoms with Crippen molar-refractivity contribution in [2.75, 3.05) is 0 Å². The highest BCUT2D eigenvalue weighted by Gasteiger charge is 2.15. The maximum atomic E-state index is 3.57. The summed E-state index contributed by atoms with van der Waals surface area (Å²) in [6.45, 7) is 6.87. The molecule has 0 aliphatic heterocycles. The third-order valence-corrected chi connectivity index (χ3v) is 7.10. The summed E-state index contributed by atoms with van der Waals surface area (Å²) in [5, 5.41) is 0. The Morgan fingerprint density at radius 1 is 1.57 bits per heavy atom. The first-order valence-electron chi connectivity index (χ1n) is 2.68. The molecular formula is C5H11BrMg. The van der Waals surface area contributed by atoms with Gasteiger partial charge in [0.2, 0.25) is 0 Å². The number of hydrogen-bond donors (Lipinski definition) is 0. The molecule has 0 aliphatic rings. The van der Waals surface area contributed by atoms with Crippen LogP contribution < -0.4 is 0 Å². The molecule has 0 amide bonds. The number of halogens is 1. The lowest BCUT2D eigenvalue weighted by molar-refractivity contribution is 0.652. The first kappa shape index (κ1) is 8.25. The molecule has 0 aromatic carbocycles. The fourth-order valence-corrected chi connectivity index (χ4v) is 1.47. The van der Waals surface area contributed by atoms with Gasteiger partial charge >= 0.3 is 18.2 Å². The summed E-state index contributed by atoms with van der Waals surface area (Å²) in [5.41, 5.74) is 0. The Morgan fingerprint density at radius 2 is 2.00 bits per heavy atom. The van der Waals surface area contributed by atoms with Crippen LogP contribution in [-0.4, -0.2) is 18.2 Å². The van der Waals surface area contributed by atoms with Crippen LogP contribution in [0.25, 0.3) is 0 Å². The van der Waals surface area contributed by atoms with Gasteiger partial charge in [-0.05, 0) is 0 Å².